The second-order valence-corrected chi connectivity index (χ2v) is 5.47. The molecule has 102 valence electrons. The molecule has 0 atom stereocenters. The van der Waals surface area contributed by atoms with E-state index in [1.54, 1.807) is 4.68 Å². The summed E-state index contributed by atoms with van der Waals surface area (Å²) in [5.74, 6) is -0.984. The summed E-state index contributed by atoms with van der Waals surface area (Å²) in [6.45, 7) is 10.7. The van der Waals surface area contributed by atoms with E-state index >= 15 is 0 Å². The van der Waals surface area contributed by atoms with Crippen LogP contribution in [0.15, 0.2) is 0 Å². The smallest absolute Gasteiger partial charge is 0.358 e. The summed E-state index contributed by atoms with van der Waals surface area (Å²) in [6, 6.07) is 0. The second-order valence-electron chi connectivity index (χ2n) is 5.47. The minimum absolute atomic E-state index is 0.0285. The lowest BCUT2D eigenvalue weighted by atomic mass is 10.1. The van der Waals surface area contributed by atoms with Gasteiger partial charge in [-0.1, -0.05) is 19.1 Å². The van der Waals surface area contributed by atoms with Crippen molar-refractivity contribution in [3.05, 3.63) is 11.4 Å². The Labute approximate surface area is 107 Å². The Hall–Kier alpha value is -1.43. The molecule has 18 heavy (non-hydrogen) atoms. The van der Waals surface area contributed by atoms with E-state index in [-0.39, 0.29) is 17.2 Å². The first-order valence-corrected chi connectivity index (χ1v) is 6.03. The number of rotatable bonds is 5. The Morgan fingerprint density at radius 1 is 1.44 bits per heavy atom. The van der Waals surface area contributed by atoms with Gasteiger partial charge >= 0.3 is 5.97 Å². The molecular formula is C12H21N3O3. The largest absolute Gasteiger partial charge is 0.476 e. The molecule has 0 aromatic carbocycles. The van der Waals surface area contributed by atoms with Gasteiger partial charge in [0.25, 0.3) is 0 Å². The monoisotopic (exact) mass is 255 g/mol. The number of aromatic nitrogens is 3. The van der Waals surface area contributed by atoms with E-state index in [2.05, 4.69) is 10.3 Å². The molecule has 0 aliphatic rings. The molecule has 1 N–H and O–H groups in total. The topological polar surface area (TPSA) is 77.2 Å². The maximum Gasteiger partial charge on any atom is 0.358 e. The maximum absolute atomic E-state index is 11.0. The number of hydrogen-bond donors (Lipinski definition) is 1. The van der Waals surface area contributed by atoms with Gasteiger partial charge in [0.05, 0.1) is 24.4 Å². The van der Waals surface area contributed by atoms with Crippen LogP contribution in [0, 0.1) is 0 Å². The average Bonchev–Trinajstić information content (AvgIpc) is 2.59. The van der Waals surface area contributed by atoms with Crippen molar-refractivity contribution in [3.8, 4) is 0 Å². The highest BCUT2D eigenvalue weighted by atomic mass is 16.5. The van der Waals surface area contributed by atoms with Gasteiger partial charge in [-0.15, -0.1) is 5.10 Å². The molecule has 0 bridgehead atoms. The molecule has 0 saturated carbocycles. The van der Waals surface area contributed by atoms with Gasteiger partial charge in [-0.3, -0.25) is 0 Å². The number of carbonyl (C=O) groups is 1. The lowest BCUT2D eigenvalue weighted by molar-refractivity contribution is -0.00838. The SMILES string of the molecule is CC(C)c1c(C(=O)O)nnn1CCOC(C)(C)C. The fourth-order valence-electron chi connectivity index (χ4n) is 1.65. The average molecular weight is 255 g/mol. The van der Waals surface area contributed by atoms with Crippen molar-refractivity contribution < 1.29 is 14.6 Å². The summed E-state index contributed by atoms with van der Waals surface area (Å²) in [5, 5.41) is 16.6. The quantitative estimate of drug-likeness (QED) is 0.869. The first-order valence-electron chi connectivity index (χ1n) is 6.03. The number of nitrogens with zero attached hydrogens (tertiary/aromatic N) is 3. The fraction of sp³-hybridized carbons (Fsp3) is 0.750. The van der Waals surface area contributed by atoms with Crippen LogP contribution in [-0.4, -0.2) is 38.3 Å². The van der Waals surface area contributed by atoms with Crippen molar-refractivity contribution in [2.24, 2.45) is 0 Å². The number of ether oxygens (including phenoxy) is 1. The summed E-state index contributed by atoms with van der Waals surface area (Å²) in [7, 11) is 0. The Morgan fingerprint density at radius 2 is 2.06 bits per heavy atom. The van der Waals surface area contributed by atoms with Crippen molar-refractivity contribution in [1.82, 2.24) is 15.0 Å². The Kier molecular flexibility index (Phi) is 4.45. The summed E-state index contributed by atoms with van der Waals surface area (Å²) in [6.07, 6.45) is 0. The third-order valence-corrected chi connectivity index (χ3v) is 2.36. The van der Waals surface area contributed by atoms with Crippen LogP contribution in [0.5, 0.6) is 0 Å². The standard InChI is InChI=1S/C12H21N3O3/c1-8(2)10-9(11(16)17)13-14-15(10)6-7-18-12(3,4)5/h8H,6-7H2,1-5H3,(H,16,17). The van der Waals surface area contributed by atoms with E-state index in [1.165, 1.54) is 0 Å². The molecule has 6 heteroatoms. The molecule has 0 fully saturated rings. The molecule has 0 amide bonds. The van der Waals surface area contributed by atoms with Gasteiger partial charge < -0.3 is 9.84 Å². The zero-order valence-corrected chi connectivity index (χ0v) is 11.6. The zero-order chi connectivity index (χ0) is 13.9. The van der Waals surface area contributed by atoms with E-state index in [0.717, 1.165) is 0 Å². The minimum atomic E-state index is -1.04. The summed E-state index contributed by atoms with van der Waals surface area (Å²) in [4.78, 5) is 11.0. The van der Waals surface area contributed by atoms with Crippen LogP contribution in [-0.2, 0) is 11.3 Å². The van der Waals surface area contributed by atoms with Crippen molar-refractivity contribution in [2.45, 2.75) is 52.7 Å². The molecule has 6 nitrogen and oxygen atoms in total. The van der Waals surface area contributed by atoms with Crippen LogP contribution >= 0.6 is 0 Å². The van der Waals surface area contributed by atoms with Crippen LogP contribution in [0.4, 0.5) is 0 Å². The lowest BCUT2D eigenvalue weighted by Crippen LogP contribution is -2.23. The van der Waals surface area contributed by atoms with Crippen molar-refractivity contribution in [3.63, 3.8) is 0 Å². The molecule has 1 aromatic heterocycles. The van der Waals surface area contributed by atoms with E-state index in [1.807, 2.05) is 34.6 Å². The summed E-state index contributed by atoms with van der Waals surface area (Å²) >= 11 is 0. The van der Waals surface area contributed by atoms with Gasteiger partial charge in [-0.05, 0) is 26.7 Å². The fourth-order valence-corrected chi connectivity index (χ4v) is 1.65. The van der Waals surface area contributed by atoms with Gasteiger partial charge in [-0.2, -0.15) is 0 Å². The van der Waals surface area contributed by atoms with Crippen molar-refractivity contribution in [1.29, 1.82) is 0 Å². The molecule has 0 unspecified atom stereocenters. The molecule has 0 saturated heterocycles. The lowest BCUT2D eigenvalue weighted by Gasteiger charge is -2.20. The van der Waals surface area contributed by atoms with Gasteiger partial charge in [0, 0.05) is 0 Å². The molecular weight excluding hydrogens is 234 g/mol. The molecule has 0 spiro atoms. The van der Waals surface area contributed by atoms with Gasteiger partial charge in [0.2, 0.25) is 0 Å². The maximum atomic E-state index is 11.0. The summed E-state index contributed by atoms with van der Waals surface area (Å²) in [5.41, 5.74) is 0.453. The highest BCUT2D eigenvalue weighted by molar-refractivity contribution is 5.86. The van der Waals surface area contributed by atoms with Crippen LogP contribution in [0.3, 0.4) is 0 Å². The molecule has 0 aliphatic carbocycles. The van der Waals surface area contributed by atoms with E-state index in [4.69, 9.17) is 9.84 Å². The second kappa shape index (κ2) is 5.48. The van der Waals surface area contributed by atoms with Crippen molar-refractivity contribution >= 4 is 5.97 Å². The Bertz CT molecular complexity index is 419. The molecule has 1 rings (SSSR count). The van der Waals surface area contributed by atoms with E-state index < -0.39 is 5.97 Å². The van der Waals surface area contributed by atoms with Gasteiger partial charge in [0.1, 0.15) is 0 Å². The Morgan fingerprint density at radius 3 is 2.50 bits per heavy atom. The van der Waals surface area contributed by atoms with Gasteiger partial charge in [0.15, 0.2) is 5.69 Å². The van der Waals surface area contributed by atoms with E-state index in [9.17, 15) is 4.79 Å². The number of hydrogen-bond acceptors (Lipinski definition) is 4. The highest BCUT2D eigenvalue weighted by Crippen LogP contribution is 2.17. The number of aromatic carboxylic acids is 1. The van der Waals surface area contributed by atoms with Gasteiger partial charge in [-0.25, -0.2) is 9.48 Å². The minimum Gasteiger partial charge on any atom is -0.476 e. The highest BCUT2D eigenvalue weighted by Gasteiger charge is 2.21. The predicted molar refractivity (Wildman–Crippen MR) is 66.8 cm³/mol. The van der Waals surface area contributed by atoms with Crippen LogP contribution in [0.25, 0.3) is 0 Å². The zero-order valence-electron chi connectivity index (χ0n) is 11.6. The molecule has 1 heterocycles. The van der Waals surface area contributed by atoms with Crippen LogP contribution < -0.4 is 0 Å². The van der Waals surface area contributed by atoms with E-state index in [0.29, 0.717) is 18.8 Å². The third kappa shape index (κ3) is 3.80. The van der Waals surface area contributed by atoms with Crippen LogP contribution in [0.1, 0.15) is 56.7 Å². The third-order valence-electron chi connectivity index (χ3n) is 2.36. The molecule has 1 aromatic rings. The molecule has 0 aliphatic heterocycles. The first-order chi connectivity index (χ1) is 8.22. The van der Waals surface area contributed by atoms with Crippen LogP contribution in [0.2, 0.25) is 0 Å². The molecule has 0 radical (unpaired) electrons. The van der Waals surface area contributed by atoms with Crippen molar-refractivity contribution in [2.75, 3.05) is 6.61 Å². The predicted octanol–water partition coefficient (Wildman–Crippen LogP) is 1.91. The number of carboxylic acid groups (broad SMARTS) is 1. The number of carboxylic acids is 1. The Balaban J connectivity index is 2.80. The summed E-state index contributed by atoms with van der Waals surface area (Å²) < 4.78 is 7.21. The normalized spacial score (nSPS) is 12.1. The first kappa shape index (κ1) is 14.6.